The highest BCUT2D eigenvalue weighted by atomic mass is 28.4. The van der Waals surface area contributed by atoms with Crippen LogP contribution in [0, 0.1) is 0 Å². The number of Topliss-reactive ketones (excluding diaryl/α,β-unsaturated/α-hetero) is 2. The van der Waals surface area contributed by atoms with Gasteiger partial charge in [0.1, 0.15) is 17.2 Å². The molecule has 0 amide bonds. The topological polar surface area (TPSA) is 71.1 Å². The first kappa shape index (κ1) is 34.1. The molecular formula is C34H52O6Si2. The van der Waals surface area contributed by atoms with Crippen LogP contribution in [0.2, 0.25) is 36.3 Å². The smallest absolute Gasteiger partial charge is 0.250 e. The number of hydrogen-bond donors (Lipinski definition) is 0. The first-order valence-electron chi connectivity index (χ1n) is 15.4. The number of ketones is 2. The predicted molar refractivity (Wildman–Crippen MR) is 175 cm³/mol. The fourth-order valence-electron chi connectivity index (χ4n) is 4.17. The van der Waals surface area contributed by atoms with E-state index in [0.29, 0.717) is 41.4 Å². The highest BCUT2D eigenvalue weighted by Crippen LogP contribution is 2.40. The van der Waals surface area contributed by atoms with E-state index >= 15 is 0 Å². The molecule has 3 rings (SSSR count). The standard InChI is InChI=1S/C34H52O6Si2/c1-33(2,3)41(7,8)39-30-19-12-11-16-26(30)28(35)17-15-18-29(36)27-22-21-25(38-32-20-13-14-23-37-32)24-31(27)40-42(9,10)34(4,5)6/h11-12,16,19,21-22,24,32H,13-15,17-18,20,23H2,1-10H3. The fourth-order valence-corrected chi connectivity index (χ4v) is 6.23. The van der Waals surface area contributed by atoms with Crippen molar-refractivity contribution in [2.45, 2.75) is 123 Å². The number of carbonyl (C=O) groups is 2. The minimum Gasteiger partial charge on any atom is -0.543 e. The summed E-state index contributed by atoms with van der Waals surface area (Å²) in [4.78, 5) is 26.8. The summed E-state index contributed by atoms with van der Waals surface area (Å²) < 4.78 is 25.0. The average Bonchev–Trinajstić information content (AvgIpc) is 2.88. The van der Waals surface area contributed by atoms with Crippen molar-refractivity contribution in [2.24, 2.45) is 0 Å². The molecule has 0 radical (unpaired) electrons. The Hall–Kier alpha value is -2.43. The fraction of sp³-hybridized carbons (Fsp3) is 0.588. The molecule has 1 saturated heterocycles. The predicted octanol–water partition coefficient (Wildman–Crippen LogP) is 9.60. The molecule has 1 atom stereocenters. The zero-order valence-corrected chi connectivity index (χ0v) is 29.5. The van der Waals surface area contributed by atoms with Gasteiger partial charge < -0.3 is 18.3 Å². The van der Waals surface area contributed by atoms with Gasteiger partial charge in [-0.05, 0) is 79.8 Å². The van der Waals surface area contributed by atoms with Gasteiger partial charge in [-0.25, -0.2) is 0 Å². The van der Waals surface area contributed by atoms with Crippen LogP contribution in [0.1, 0.15) is 101 Å². The molecule has 0 N–H and O–H groups in total. The van der Waals surface area contributed by atoms with E-state index in [2.05, 4.69) is 67.7 Å². The van der Waals surface area contributed by atoms with Crippen LogP contribution in [0.5, 0.6) is 17.2 Å². The maximum atomic E-state index is 13.5. The minimum absolute atomic E-state index is 0.00825. The van der Waals surface area contributed by atoms with E-state index in [9.17, 15) is 9.59 Å². The third-order valence-corrected chi connectivity index (χ3v) is 17.7. The molecule has 8 heteroatoms. The zero-order valence-electron chi connectivity index (χ0n) is 27.5. The van der Waals surface area contributed by atoms with E-state index in [4.69, 9.17) is 18.3 Å². The van der Waals surface area contributed by atoms with Crippen molar-refractivity contribution < 1.29 is 27.9 Å². The number of hydrogen-bond acceptors (Lipinski definition) is 6. The average molecular weight is 613 g/mol. The third kappa shape index (κ3) is 8.80. The summed E-state index contributed by atoms with van der Waals surface area (Å²) in [5.41, 5.74) is 1.12. The molecule has 1 fully saturated rings. The van der Waals surface area contributed by atoms with Crippen LogP contribution in [0.15, 0.2) is 42.5 Å². The van der Waals surface area contributed by atoms with E-state index in [-0.39, 0.29) is 40.8 Å². The molecule has 1 aliphatic rings. The summed E-state index contributed by atoms with van der Waals surface area (Å²) in [6.07, 6.45) is 3.64. The first-order valence-corrected chi connectivity index (χ1v) is 21.2. The third-order valence-electron chi connectivity index (χ3n) is 9.00. The normalized spacial score (nSPS) is 16.6. The second-order valence-corrected chi connectivity index (χ2v) is 23.9. The molecule has 0 spiro atoms. The Morgan fingerprint density at radius 1 is 0.786 bits per heavy atom. The highest BCUT2D eigenvalue weighted by Gasteiger charge is 2.40. The Kier molecular flexibility index (Phi) is 10.9. The number of ether oxygens (including phenoxy) is 2. The molecule has 0 aromatic heterocycles. The van der Waals surface area contributed by atoms with Gasteiger partial charge in [-0.2, -0.15) is 0 Å². The maximum absolute atomic E-state index is 13.5. The largest absolute Gasteiger partial charge is 0.543 e. The van der Waals surface area contributed by atoms with E-state index in [1.54, 1.807) is 6.07 Å². The Labute approximate surface area is 255 Å². The molecule has 232 valence electrons. The first-order chi connectivity index (χ1) is 19.4. The zero-order chi connectivity index (χ0) is 31.3. The van der Waals surface area contributed by atoms with E-state index < -0.39 is 16.6 Å². The number of carbonyl (C=O) groups excluding carboxylic acids is 2. The van der Waals surface area contributed by atoms with Crippen molar-refractivity contribution in [3.63, 3.8) is 0 Å². The number of rotatable bonds is 12. The Bertz CT molecular complexity index is 1230. The molecule has 42 heavy (non-hydrogen) atoms. The summed E-state index contributed by atoms with van der Waals surface area (Å²) in [7, 11) is -4.35. The van der Waals surface area contributed by atoms with Crippen LogP contribution >= 0.6 is 0 Å². The molecule has 2 aromatic carbocycles. The van der Waals surface area contributed by atoms with Crippen molar-refractivity contribution in [3.05, 3.63) is 53.6 Å². The molecule has 1 heterocycles. The molecule has 1 unspecified atom stereocenters. The lowest BCUT2D eigenvalue weighted by Gasteiger charge is -2.37. The van der Waals surface area contributed by atoms with Crippen LogP contribution in [0.3, 0.4) is 0 Å². The monoisotopic (exact) mass is 612 g/mol. The minimum atomic E-state index is -2.23. The van der Waals surface area contributed by atoms with Crippen molar-refractivity contribution in [1.29, 1.82) is 0 Å². The molecular weight excluding hydrogens is 561 g/mol. The van der Waals surface area contributed by atoms with Crippen molar-refractivity contribution in [1.82, 2.24) is 0 Å². The molecule has 0 bridgehead atoms. The van der Waals surface area contributed by atoms with Crippen molar-refractivity contribution in [2.75, 3.05) is 6.61 Å². The van der Waals surface area contributed by atoms with Gasteiger partial charge >= 0.3 is 0 Å². The van der Waals surface area contributed by atoms with Gasteiger partial charge in [0.2, 0.25) is 0 Å². The van der Waals surface area contributed by atoms with Crippen LogP contribution in [-0.2, 0) is 4.74 Å². The van der Waals surface area contributed by atoms with Crippen LogP contribution < -0.4 is 13.6 Å². The summed E-state index contributed by atoms with van der Waals surface area (Å²) >= 11 is 0. The van der Waals surface area contributed by atoms with Gasteiger partial charge in [-0.15, -0.1) is 0 Å². The van der Waals surface area contributed by atoms with E-state index in [1.165, 1.54) is 0 Å². The van der Waals surface area contributed by atoms with Gasteiger partial charge in [0.05, 0.1) is 17.7 Å². The van der Waals surface area contributed by atoms with Crippen molar-refractivity contribution in [3.8, 4) is 17.2 Å². The van der Waals surface area contributed by atoms with Gasteiger partial charge in [0.25, 0.3) is 16.6 Å². The molecule has 0 saturated carbocycles. The van der Waals surface area contributed by atoms with Crippen LogP contribution in [-0.4, -0.2) is 41.1 Å². The van der Waals surface area contributed by atoms with E-state index in [1.807, 2.05) is 36.4 Å². The second-order valence-electron chi connectivity index (χ2n) is 14.5. The molecule has 2 aromatic rings. The Balaban J connectivity index is 1.74. The van der Waals surface area contributed by atoms with Gasteiger partial charge in [-0.1, -0.05) is 53.7 Å². The van der Waals surface area contributed by atoms with Gasteiger partial charge in [0.15, 0.2) is 17.9 Å². The lowest BCUT2D eigenvalue weighted by molar-refractivity contribution is -0.105. The lowest BCUT2D eigenvalue weighted by atomic mass is 10.0. The van der Waals surface area contributed by atoms with Gasteiger partial charge in [0, 0.05) is 25.3 Å². The van der Waals surface area contributed by atoms with Gasteiger partial charge in [-0.3, -0.25) is 9.59 Å². The Morgan fingerprint density at radius 2 is 1.33 bits per heavy atom. The highest BCUT2D eigenvalue weighted by molar-refractivity contribution is 6.75. The molecule has 6 nitrogen and oxygen atoms in total. The van der Waals surface area contributed by atoms with Crippen LogP contribution in [0.25, 0.3) is 0 Å². The summed E-state index contributed by atoms with van der Waals surface area (Å²) in [5, 5.41) is -0.0211. The van der Waals surface area contributed by atoms with Crippen LogP contribution in [0.4, 0.5) is 0 Å². The number of para-hydroxylation sites is 1. The summed E-state index contributed by atoms with van der Waals surface area (Å²) in [5.74, 6) is 1.79. The van der Waals surface area contributed by atoms with Crippen molar-refractivity contribution >= 4 is 28.2 Å². The Morgan fingerprint density at radius 3 is 1.88 bits per heavy atom. The molecule has 1 aliphatic heterocycles. The number of benzene rings is 2. The lowest BCUT2D eigenvalue weighted by Crippen LogP contribution is -2.44. The SMILES string of the molecule is CC(C)(C)[Si](C)(C)Oc1ccccc1C(=O)CCCC(=O)c1ccc(OC2CCCCO2)cc1O[Si](C)(C)C(C)(C)C. The maximum Gasteiger partial charge on any atom is 0.250 e. The summed E-state index contributed by atoms with van der Waals surface area (Å²) in [6, 6.07) is 12.9. The van der Waals surface area contributed by atoms with E-state index in [0.717, 1.165) is 19.3 Å². The molecule has 0 aliphatic carbocycles. The summed E-state index contributed by atoms with van der Waals surface area (Å²) in [6.45, 7) is 22.5. The quantitative estimate of drug-likeness (QED) is 0.176. The second kappa shape index (κ2) is 13.5.